The average molecular weight is 272 g/mol. The second-order valence-corrected chi connectivity index (χ2v) is 5.66. The molecule has 18 heavy (non-hydrogen) atoms. The van der Waals surface area contributed by atoms with Crippen LogP contribution in [0, 0.1) is 0 Å². The standard InChI is InChI=1S/C13H22ClN3O/c1-13(2,3)12-16-10(14)9-11(17-12)15-7-5-6-8-18-4/h9H,5-8H2,1-4H3,(H,15,16,17). The van der Waals surface area contributed by atoms with Crippen molar-refractivity contribution in [3.63, 3.8) is 0 Å². The second-order valence-electron chi connectivity index (χ2n) is 5.28. The van der Waals surface area contributed by atoms with Crippen LogP contribution in [0.15, 0.2) is 6.07 Å². The summed E-state index contributed by atoms with van der Waals surface area (Å²) in [4.78, 5) is 8.74. The topological polar surface area (TPSA) is 47.0 Å². The van der Waals surface area contributed by atoms with E-state index in [1.165, 1.54) is 0 Å². The SMILES string of the molecule is COCCCCNc1cc(Cl)nc(C(C)(C)C)n1. The number of nitrogens with zero attached hydrogens (tertiary/aromatic N) is 2. The molecule has 5 heteroatoms. The van der Waals surface area contributed by atoms with Gasteiger partial charge in [0.15, 0.2) is 0 Å². The summed E-state index contributed by atoms with van der Waals surface area (Å²) in [5, 5.41) is 3.75. The molecule has 0 bridgehead atoms. The normalized spacial score (nSPS) is 11.6. The van der Waals surface area contributed by atoms with Gasteiger partial charge in [-0.2, -0.15) is 0 Å². The molecule has 0 aliphatic heterocycles. The third-order valence-electron chi connectivity index (χ3n) is 2.45. The van der Waals surface area contributed by atoms with Crippen molar-refractivity contribution in [3.05, 3.63) is 17.0 Å². The molecule has 1 aromatic rings. The Kier molecular flexibility index (Phi) is 5.82. The summed E-state index contributed by atoms with van der Waals surface area (Å²) >= 11 is 6.01. The molecule has 102 valence electrons. The highest BCUT2D eigenvalue weighted by Crippen LogP contribution is 2.22. The minimum atomic E-state index is -0.0998. The lowest BCUT2D eigenvalue weighted by molar-refractivity contribution is 0.194. The van der Waals surface area contributed by atoms with Gasteiger partial charge in [0.25, 0.3) is 0 Å². The fourth-order valence-electron chi connectivity index (χ4n) is 1.43. The molecule has 1 aromatic heterocycles. The third kappa shape index (κ3) is 5.19. The number of ether oxygens (including phenoxy) is 1. The van der Waals surface area contributed by atoms with Crippen LogP contribution >= 0.6 is 11.6 Å². The Morgan fingerprint density at radius 3 is 2.61 bits per heavy atom. The molecule has 0 saturated heterocycles. The van der Waals surface area contributed by atoms with Crippen LogP contribution in [0.2, 0.25) is 5.15 Å². The Labute approximate surface area is 114 Å². The molecule has 4 nitrogen and oxygen atoms in total. The van der Waals surface area contributed by atoms with Crippen molar-refractivity contribution < 1.29 is 4.74 Å². The highest BCUT2D eigenvalue weighted by molar-refractivity contribution is 6.29. The second kappa shape index (κ2) is 6.90. The fourth-order valence-corrected chi connectivity index (χ4v) is 1.61. The number of hydrogen-bond acceptors (Lipinski definition) is 4. The molecule has 0 aliphatic rings. The Balaban J connectivity index is 2.58. The van der Waals surface area contributed by atoms with Gasteiger partial charge in [-0.15, -0.1) is 0 Å². The molecule has 0 amide bonds. The number of anilines is 1. The molecule has 0 radical (unpaired) electrons. The van der Waals surface area contributed by atoms with Gasteiger partial charge >= 0.3 is 0 Å². The number of halogens is 1. The predicted octanol–water partition coefficient (Wildman–Crippen LogP) is 3.27. The maximum Gasteiger partial charge on any atom is 0.137 e. The minimum absolute atomic E-state index is 0.0998. The number of hydrogen-bond donors (Lipinski definition) is 1. The summed E-state index contributed by atoms with van der Waals surface area (Å²) in [5.74, 6) is 1.55. The average Bonchev–Trinajstić information content (AvgIpc) is 2.27. The fraction of sp³-hybridized carbons (Fsp3) is 0.692. The molecular formula is C13H22ClN3O. The van der Waals surface area contributed by atoms with E-state index in [1.807, 2.05) is 0 Å². The van der Waals surface area contributed by atoms with Crippen LogP contribution in [0.1, 0.15) is 39.4 Å². The zero-order valence-corrected chi connectivity index (χ0v) is 12.3. The molecule has 0 spiro atoms. The molecule has 1 heterocycles. The van der Waals surface area contributed by atoms with E-state index >= 15 is 0 Å². The van der Waals surface area contributed by atoms with Crippen LogP contribution in [-0.2, 0) is 10.2 Å². The first-order valence-corrected chi connectivity index (χ1v) is 6.59. The first-order chi connectivity index (χ1) is 8.43. The van der Waals surface area contributed by atoms with Crippen molar-refractivity contribution in [2.24, 2.45) is 0 Å². The first-order valence-electron chi connectivity index (χ1n) is 6.21. The predicted molar refractivity (Wildman–Crippen MR) is 75.3 cm³/mol. The van der Waals surface area contributed by atoms with Crippen molar-refractivity contribution in [1.29, 1.82) is 0 Å². The number of methoxy groups -OCH3 is 1. The van der Waals surface area contributed by atoms with E-state index in [1.54, 1.807) is 13.2 Å². The molecule has 0 unspecified atom stereocenters. The minimum Gasteiger partial charge on any atom is -0.385 e. The Bertz CT molecular complexity index is 377. The van der Waals surface area contributed by atoms with Crippen molar-refractivity contribution >= 4 is 17.4 Å². The van der Waals surface area contributed by atoms with Crippen LogP contribution in [0.25, 0.3) is 0 Å². The van der Waals surface area contributed by atoms with E-state index in [4.69, 9.17) is 16.3 Å². The van der Waals surface area contributed by atoms with Crippen LogP contribution in [0.4, 0.5) is 5.82 Å². The monoisotopic (exact) mass is 271 g/mol. The maximum atomic E-state index is 6.01. The maximum absolute atomic E-state index is 6.01. The molecular weight excluding hydrogens is 250 g/mol. The zero-order chi connectivity index (χ0) is 13.6. The molecule has 0 saturated carbocycles. The Morgan fingerprint density at radius 2 is 2.00 bits per heavy atom. The summed E-state index contributed by atoms with van der Waals surface area (Å²) in [7, 11) is 1.72. The van der Waals surface area contributed by atoms with E-state index in [2.05, 4.69) is 36.1 Å². The Hall–Kier alpha value is -0.870. The van der Waals surface area contributed by atoms with E-state index in [-0.39, 0.29) is 5.41 Å². The summed E-state index contributed by atoms with van der Waals surface area (Å²) in [5.41, 5.74) is -0.0998. The third-order valence-corrected chi connectivity index (χ3v) is 2.64. The van der Waals surface area contributed by atoms with E-state index in [0.29, 0.717) is 5.15 Å². The van der Waals surface area contributed by atoms with Gasteiger partial charge in [-0.1, -0.05) is 32.4 Å². The number of rotatable bonds is 6. The van der Waals surface area contributed by atoms with Gasteiger partial charge in [-0.3, -0.25) is 0 Å². The number of aromatic nitrogens is 2. The van der Waals surface area contributed by atoms with Gasteiger partial charge in [0.1, 0.15) is 16.8 Å². The van der Waals surface area contributed by atoms with Crippen molar-refractivity contribution in [1.82, 2.24) is 9.97 Å². The van der Waals surface area contributed by atoms with Gasteiger partial charge in [0.2, 0.25) is 0 Å². The van der Waals surface area contributed by atoms with Crippen LogP contribution in [0.3, 0.4) is 0 Å². The highest BCUT2D eigenvalue weighted by Gasteiger charge is 2.18. The van der Waals surface area contributed by atoms with Crippen molar-refractivity contribution in [2.45, 2.75) is 39.0 Å². The van der Waals surface area contributed by atoms with Gasteiger partial charge in [-0.25, -0.2) is 9.97 Å². The van der Waals surface area contributed by atoms with Crippen molar-refractivity contribution in [3.8, 4) is 0 Å². The van der Waals surface area contributed by atoms with Crippen molar-refractivity contribution in [2.75, 3.05) is 25.6 Å². The molecule has 1 rings (SSSR count). The molecule has 0 atom stereocenters. The number of nitrogens with one attached hydrogen (secondary N) is 1. The van der Waals surface area contributed by atoms with Gasteiger partial charge in [0, 0.05) is 31.7 Å². The lowest BCUT2D eigenvalue weighted by atomic mass is 9.96. The van der Waals surface area contributed by atoms with E-state index in [9.17, 15) is 0 Å². The smallest absolute Gasteiger partial charge is 0.137 e. The van der Waals surface area contributed by atoms with Crippen LogP contribution < -0.4 is 5.32 Å². The first kappa shape index (κ1) is 15.2. The molecule has 0 aliphatic carbocycles. The van der Waals surface area contributed by atoms with E-state index in [0.717, 1.165) is 37.6 Å². The number of unbranched alkanes of at least 4 members (excludes halogenated alkanes) is 1. The highest BCUT2D eigenvalue weighted by atomic mass is 35.5. The van der Waals surface area contributed by atoms with Gasteiger partial charge in [-0.05, 0) is 12.8 Å². The summed E-state index contributed by atoms with van der Waals surface area (Å²) < 4.78 is 5.00. The van der Waals surface area contributed by atoms with E-state index < -0.39 is 0 Å². The lowest BCUT2D eigenvalue weighted by Gasteiger charge is -2.17. The lowest BCUT2D eigenvalue weighted by Crippen LogP contribution is -2.17. The summed E-state index contributed by atoms with van der Waals surface area (Å²) in [6.45, 7) is 7.86. The van der Waals surface area contributed by atoms with Crippen LogP contribution in [0.5, 0.6) is 0 Å². The summed E-state index contributed by atoms with van der Waals surface area (Å²) in [6, 6.07) is 1.76. The van der Waals surface area contributed by atoms with Gasteiger partial charge < -0.3 is 10.1 Å². The largest absolute Gasteiger partial charge is 0.385 e. The van der Waals surface area contributed by atoms with Crippen LogP contribution in [-0.4, -0.2) is 30.2 Å². The molecule has 1 N–H and O–H groups in total. The Morgan fingerprint density at radius 1 is 1.28 bits per heavy atom. The summed E-state index contributed by atoms with van der Waals surface area (Å²) in [6.07, 6.45) is 2.08. The quantitative estimate of drug-likeness (QED) is 0.637. The molecule has 0 fully saturated rings. The molecule has 0 aromatic carbocycles. The zero-order valence-electron chi connectivity index (χ0n) is 11.6. The van der Waals surface area contributed by atoms with Gasteiger partial charge in [0.05, 0.1) is 0 Å².